The van der Waals surface area contributed by atoms with Gasteiger partial charge in [-0.05, 0) is 30.7 Å². The summed E-state index contributed by atoms with van der Waals surface area (Å²) in [4.78, 5) is 18.5. The highest BCUT2D eigenvalue weighted by molar-refractivity contribution is 5.55. The van der Waals surface area contributed by atoms with E-state index in [2.05, 4.69) is 15.1 Å². The standard InChI is InChI=1S/C18H17F3N4O/c1-10(12-4-6-13(7-5-12)18(19,20)21)14-8-16(25(3)24-14)15-9-17(26)23-11(2)22-15/h4-10H,1-3H3,(H,22,23,26)/t10-/m0/s1. The minimum Gasteiger partial charge on any atom is -0.311 e. The second-order valence-corrected chi connectivity index (χ2v) is 6.14. The topological polar surface area (TPSA) is 63.6 Å². The maximum Gasteiger partial charge on any atom is 0.416 e. The van der Waals surface area contributed by atoms with Crippen molar-refractivity contribution in [3.05, 3.63) is 69.4 Å². The molecule has 0 radical (unpaired) electrons. The van der Waals surface area contributed by atoms with Gasteiger partial charge in [-0.15, -0.1) is 0 Å². The number of benzene rings is 1. The van der Waals surface area contributed by atoms with Crippen LogP contribution in [0.1, 0.15) is 35.5 Å². The van der Waals surface area contributed by atoms with Gasteiger partial charge in [-0.25, -0.2) is 4.98 Å². The van der Waals surface area contributed by atoms with E-state index in [4.69, 9.17) is 0 Å². The van der Waals surface area contributed by atoms with Crippen LogP contribution < -0.4 is 5.56 Å². The van der Waals surface area contributed by atoms with Crippen LogP contribution in [-0.2, 0) is 13.2 Å². The van der Waals surface area contributed by atoms with Crippen molar-refractivity contribution in [1.82, 2.24) is 19.7 Å². The summed E-state index contributed by atoms with van der Waals surface area (Å²) in [5, 5.41) is 4.44. The number of nitrogens with one attached hydrogen (secondary N) is 1. The highest BCUT2D eigenvalue weighted by Gasteiger charge is 2.30. The van der Waals surface area contributed by atoms with Gasteiger partial charge in [-0.1, -0.05) is 19.1 Å². The summed E-state index contributed by atoms with van der Waals surface area (Å²) in [6, 6.07) is 8.23. The van der Waals surface area contributed by atoms with Crippen molar-refractivity contribution in [1.29, 1.82) is 0 Å². The third-order valence-corrected chi connectivity index (χ3v) is 4.20. The number of nitrogens with zero attached hydrogens (tertiary/aromatic N) is 3. The quantitative estimate of drug-likeness (QED) is 0.774. The Bertz CT molecular complexity index is 987. The number of aromatic amines is 1. The Kier molecular flexibility index (Phi) is 4.43. The molecule has 3 aromatic rings. The molecule has 26 heavy (non-hydrogen) atoms. The summed E-state index contributed by atoms with van der Waals surface area (Å²) in [5.74, 6) is 0.284. The van der Waals surface area contributed by atoms with Gasteiger partial charge < -0.3 is 4.98 Å². The lowest BCUT2D eigenvalue weighted by Gasteiger charge is -2.11. The third-order valence-electron chi connectivity index (χ3n) is 4.20. The number of H-pyrrole nitrogens is 1. The first-order chi connectivity index (χ1) is 12.1. The Labute approximate surface area is 147 Å². The zero-order valence-electron chi connectivity index (χ0n) is 14.4. The molecule has 0 aliphatic carbocycles. The van der Waals surface area contributed by atoms with Crippen LogP contribution in [0, 0.1) is 6.92 Å². The summed E-state index contributed by atoms with van der Waals surface area (Å²) in [5.41, 5.74) is 1.61. The van der Waals surface area contributed by atoms with E-state index in [0.29, 0.717) is 22.9 Å². The number of alkyl halides is 3. The molecule has 0 saturated heterocycles. The number of rotatable bonds is 3. The molecule has 0 spiro atoms. The number of halogens is 3. The van der Waals surface area contributed by atoms with Crippen molar-refractivity contribution in [3.8, 4) is 11.4 Å². The predicted octanol–water partition coefficient (Wildman–Crippen LogP) is 3.65. The molecule has 5 nitrogen and oxygen atoms in total. The molecular weight excluding hydrogens is 345 g/mol. The number of hydrogen-bond donors (Lipinski definition) is 1. The molecule has 0 amide bonds. The van der Waals surface area contributed by atoms with E-state index < -0.39 is 11.7 Å². The van der Waals surface area contributed by atoms with Gasteiger partial charge in [0, 0.05) is 19.0 Å². The Morgan fingerprint density at radius 1 is 1.15 bits per heavy atom. The van der Waals surface area contributed by atoms with Gasteiger partial charge in [0.1, 0.15) is 5.82 Å². The Hall–Kier alpha value is -2.90. The van der Waals surface area contributed by atoms with Crippen molar-refractivity contribution in [3.63, 3.8) is 0 Å². The highest BCUT2D eigenvalue weighted by Crippen LogP contribution is 2.32. The highest BCUT2D eigenvalue weighted by atomic mass is 19.4. The number of aromatic nitrogens is 4. The number of hydrogen-bond acceptors (Lipinski definition) is 3. The van der Waals surface area contributed by atoms with Crippen LogP contribution in [0.5, 0.6) is 0 Å². The Morgan fingerprint density at radius 3 is 2.38 bits per heavy atom. The summed E-state index contributed by atoms with van der Waals surface area (Å²) < 4.78 is 39.7. The molecule has 0 aliphatic heterocycles. The second-order valence-electron chi connectivity index (χ2n) is 6.14. The molecule has 1 N–H and O–H groups in total. The Morgan fingerprint density at radius 2 is 1.81 bits per heavy atom. The van der Waals surface area contributed by atoms with Crippen LogP contribution in [0.3, 0.4) is 0 Å². The molecule has 8 heteroatoms. The van der Waals surface area contributed by atoms with Crippen molar-refractivity contribution in [2.75, 3.05) is 0 Å². The van der Waals surface area contributed by atoms with E-state index >= 15 is 0 Å². The normalized spacial score (nSPS) is 13.0. The van der Waals surface area contributed by atoms with Crippen molar-refractivity contribution in [2.45, 2.75) is 25.9 Å². The monoisotopic (exact) mass is 362 g/mol. The lowest BCUT2D eigenvalue weighted by atomic mass is 9.96. The second kappa shape index (κ2) is 6.44. The molecule has 1 atom stereocenters. The molecule has 0 fully saturated rings. The Balaban J connectivity index is 1.94. The third kappa shape index (κ3) is 3.54. The SMILES string of the molecule is Cc1nc(-c2cc([C@@H](C)c3ccc(C(F)(F)F)cc3)nn2C)cc(=O)[nH]1. The first kappa shape index (κ1) is 17.9. The van der Waals surface area contributed by atoms with Gasteiger partial charge in [-0.2, -0.15) is 18.3 Å². The van der Waals surface area contributed by atoms with E-state index in [1.165, 1.54) is 18.2 Å². The summed E-state index contributed by atoms with van der Waals surface area (Å²) in [7, 11) is 1.73. The first-order valence-electron chi connectivity index (χ1n) is 7.94. The number of aryl methyl sites for hydroxylation is 2. The van der Waals surface area contributed by atoms with Crippen LogP contribution >= 0.6 is 0 Å². The summed E-state index contributed by atoms with van der Waals surface area (Å²) >= 11 is 0. The minimum absolute atomic E-state index is 0.208. The molecule has 0 saturated carbocycles. The zero-order valence-corrected chi connectivity index (χ0v) is 14.4. The van der Waals surface area contributed by atoms with Crippen molar-refractivity contribution < 1.29 is 13.2 Å². The summed E-state index contributed by atoms with van der Waals surface area (Å²) in [6.45, 7) is 3.55. The van der Waals surface area contributed by atoms with E-state index in [1.54, 1.807) is 24.7 Å². The van der Waals surface area contributed by atoms with Crippen molar-refractivity contribution >= 4 is 0 Å². The molecule has 3 rings (SSSR count). The smallest absolute Gasteiger partial charge is 0.311 e. The van der Waals surface area contributed by atoms with Gasteiger partial charge >= 0.3 is 6.18 Å². The van der Waals surface area contributed by atoms with Gasteiger partial charge in [0.15, 0.2) is 0 Å². The van der Waals surface area contributed by atoms with Gasteiger partial charge in [0.05, 0.1) is 22.6 Å². The molecule has 2 heterocycles. The molecule has 0 unspecified atom stereocenters. The van der Waals surface area contributed by atoms with Gasteiger partial charge in [0.2, 0.25) is 0 Å². The lowest BCUT2D eigenvalue weighted by Crippen LogP contribution is -2.09. The fourth-order valence-corrected chi connectivity index (χ4v) is 2.78. The average molecular weight is 362 g/mol. The van der Waals surface area contributed by atoms with E-state index in [1.807, 2.05) is 6.92 Å². The zero-order chi connectivity index (χ0) is 19.1. The molecule has 0 aliphatic rings. The van der Waals surface area contributed by atoms with Gasteiger partial charge in [0.25, 0.3) is 5.56 Å². The summed E-state index contributed by atoms with van der Waals surface area (Å²) in [6.07, 6.45) is -4.36. The lowest BCUT2D eigenvalue weighted by molar-refractivity contribution is -0.137. The fourth-order valence-electron chi connectivity index (χ4n) is 2.78. The van der Waals surface area contributed by atoms with Gasteiger partial charge in [-0.3, -0.25) is 9.48 Å². The average Bonchev–Trinajstić information content (AvgIpc) is 2.94. The van der Waals surface area contributed by atoms with Crippen molar-refractivity contribution in [2.24, 2.45) is 7.05 Å². The molecular formula is C18H17F3N4O. The minimum atomic E-state index is -4.36. The maximum absolute atomic E-state index is 12.7. The first-order valence-corrected chi connectivity index (χ1v) is 7.94. The van der Waals surface area contributed by atoms with E-state index in [0.717, 1.165) is 17.7 Å². The maximum atomic E-state index is 12.7. The van der Waals surface area contributed by atoms with Crippen LogP contribution in [0.2, 0.25) is 0 Å². The molecule has 136 valence electrons. The largest absolute Gasteiger partial charge is 0.416 e. The van der Waals surface area contributed by atoms with E-state index in [9.17, 15) is 18.0 Å². The molecule has 0 bridgehead atoms. The molecule has 2 aromatic heterocycles. The van der Waals surface area contributed by atoms with Crippen LogP contribution in [0.25, 0.3) is 11.4 Å². The molecule has 1 aromatic carbocycles. The van der Waals surface area contributed by atoms with E-state index in [-0.39, 0.29) is 11.5 Å². The van der Waals surface area contributed by atoms with Crippen LogP contribution in [0.4, 0.5) is 13.2 Å². The van der Waals surface area contributed by atoms with Crippen LogP contribution in [-0.4, -0.2) is 19.7 Å². The fraction of sp³-hybridized carbons (Fsp3) is 0.278. The predicted molar refractivity (Wildman–Crippen MR) is 90.8 cm³/mol. The van der Waals surface area contributed by atoms with Crippen LogP contribution in [0.15, 0.2) is 41.2 Å².